The summed E-state index contributed by atoms with van der Waals surface area (Å²) < 4.78 is 27.5. The van der Waals surface area contributed by atoms with E-state index in [0.717, 1.165) is 21.9 Å². The maximum Gasteiger partial charge on any atom is 0.245 e. The zero-order chi connectivity index (χ0) is 28.1. The zero-order valence-electron chi connectivity index (χ0n) is 22.5. The number of anilines is 1. The summed E-state index contributed by atoms with van der Waals surface area (Å²) in [6.45, 7) is 2.74. The van der Waals surface area contributed by atoms with Gasteiger partial charge in [0.2, 0.25) is 21.8 Å². The summed E-state index contributed by atoms with van der Waals surface area (Å²) in [5, 5.41) is 2.03. The van der Waals surface area contributed by atoms with Crippen molar-refractivity contribution < 1.29 is 18.0 Å². The number of carbonyl (C=O) groups excluding carboxylic acids is 2. The van der Waals surface area contributed by atoms with E-state index < -0.39 is 16.1 Å². The molecule has 0 spiro atoms. The van der Waals surface area contributed by atoms with Crippen LogP contribution in [0.25, 0.3) is 10.8 Å². The summed E-state index contributed by atoms with van der Waals surface area (Å²) >= 11 is 0. The number of carbonyl (C=O) groups is 2. The molecule has 7 nitrogen and oxygen atoms in total. The van der Waals surface area contributed by atoms with E-state index in [9.17, 15) is 18.0 Å². The highest BCUT2D eigenvalue weighted by molar-refractivity contribution is 7.88. The molecular weight excluding hydrogens is 522 g/mol. The van der Waals surface area contributed by atoms with Gasteiger partial charge in [-0.3, -0.25) is 14.5 Å². The molecule has 0 bridgehead atoms. The molecule has 1 atom stereocenters. The van der Waals surface area contributed by atoms with Gasteiger partial charge in [0.25, 0.3) is 0 Å². The van der Waals surface area contributed by atoms with Gasteiger partial charge in [-0.05, 0) is 41.0 Å². The first-order valence-corrected chi connectivity index (χ1v) is 15.1. The van der Waals surface area contributed by atoms with Gasteiger partial charge in [0.15, 0.2) is 0 Å². The van der Waals surface area contributed by atoms with Crippen LogP contribution in [0.5, 0.6) is 0 Å². The fraction of sp³-hybridized carbons (Fsp3) is 0.250. The third kappa shape index (κ3) is 6.24. The molecule has 0 aromatic heterocycles. The van der Waals surface area contributed by atoms with Crippen LogP contribution in [0.4, 0.5) is 5.69 Å². The van der Waals surface area contributed by atoms with E-state index in [1.165, 1.54) is 4.31 Å². The van der Waals surface area contributed by atoms with E-state index in [2.05, 4.69) is 0 Å². The van der Waals surface area contributed by atoms with Crippen LogP contribution in [0.3, 0.4) is 0 Å². The lowest BCUT2D eigenvalue weighted by Crippen LogP contribution is -2.56. The molecule has 1 saturated heterocycles. The van der Waals surface area contributed by atoms with E-state index in [1.807, 2.05) is 91.0 Å². The predicted octanol–water partition coefficient (Wildman–Crippen LogP) is 4.48. The smallest absolute Gasteiger partial charge is 0.245 e. The lowest BCUT2D eigenvalue weighted by atomic mass is 10.1. The number of nitrogens with zero attached hydrogens (tertiary/aromatic N) is 3. The Labute approximate surface area is 235 Å². The number of fused-ring (bicyclic) bond motifs is 1. The first-order chi connectivity index (χ1) is 19.3. The molecule has 40 heavy (non-hydrogen) atoms. The van der Waals surface area contributed by atoms with Crippen molar-refractivity contribution in [1.29, 1.82) is 0 Å². The van der Waals surface area contributed by atoms with Gasteiger partial charge in [-0.15, -0.1) is 0 Å². The standard InChI is InChI=1S/C32H33N3O4S/c1-25(32(37)33-18-20-34(21-19-33)40(38,39)24-27-12-6-3-7-13-27)35(31(36)22-26-10-4-2-5-11-26)30-17-16-28-14-8-9-15-29(28)23-30/h2-17,23,25H,18-22,24H2,1H3. The zero-order valence-corrected chi connectivity index (χ0v) is 23.3. The molecule has 0 N–H and O–H groups in total. The van der Waals surface area contributed by atoms with E-state index in [4.69, 9.17) is 0 Å². The Bertz CT molecular complexity index is 1580. The predicted molar refractivity (Wildman–Crippen MR) is 158 cm³/mol. The molecule has 1 fully saturated rings. The number of rotatable bonds is 8. The van der Waals surface area contributed by atoms with Crippen molar-refractivity contribution in [2.24, 2.45) is 0 Å². The summed E-state index contributed by atoms with van der Waals surface area (Å²) in [7, 11) is -3.50. The van der Waals surface area contributed by atoms with Gasteiger partial charge in [-0.2, -0.15) is 4.31 Å². The number of sulfonamides is 1. The van der Waals surface area contributed by atoms with E-state index in [0.29, 0.717) is 5.69 Å². The Morgan fingerprint density at radius 3 is 1.98 bits per heavy atom. The van der Waals surface area contributed by atoms with Crippen LogP contribution in [0.2, 0.25) is 0 Å². The maximum atomic E-state index is 13.7. The minimum Gasteiger partial charge on any atom is -0.338 e. The third-order valence-corrected chi connectivity index (χ3v) is 9.21. The van der Waals surface area contributed by atoms with E-state index in [-0.39, 0.29) is 50.2 Å². The molecule has 0 radical (unpaired) electrons. The van der Waals surface area contributed by atoms with Crippen LogP contribution < -0.4 is 4.90 Å². The summed E-state index contributed by atoms with van der Waals surface area (Å²) in [6.07, 6.45) is 0.163. The molecule has 1 aliphatic rings. The van der Waals surface area contributed by atoms with E-state index in [1.54, 1.807) is 28.9 Å². The highest BCUT2D eigenvalue weighted by atomic mass is 32.2. The number of piperazine rings is 1. The molecule has 1 heterocycles. The van der Waals surface area contributed by atoms with Crippen LogP contribution in [-0.2, 0) is 31.8 Å². The molecule has 0 saturated carbocycles. The Morgan fingerprint density at radius 1 is 0.750 bits per heavy atom. The summed E-state index contributed by atoms with van der Waals surface area (Å²) in [5.74, 6) is -0.442. The molecule has 4 aromatic carbocycles. The number of hydrogen-bond donors (Lipinski definition) is 0. The topological polar surface area (TPSA) is 78.0 Å². The highest BCUT2D eigenvalue weighted by Gasteiger charge is 2.34. The van der Waals surface area contributed by atoms with Crippen molar-refractivity contribution >= 4 is 38.3 Å². The molecule has 1 aliphatic heterocycles. The number of benzene rings is 4. The van der Waals surface area contributed by atoms with E-state index >= 15 is 0 Å². The molecule has 2 amide bonds. The lowest BCUT2D eigenvalue weighted by molar-refractivity contribution is -0.135. The summed E-state index contributed by atoms with van der Waals surface area (Å²) in [4.78, 5) is 30.7. The summed E-state index contributed by atoms with van der Waals surface area (Å²) in [6, 6.07) is 31.5. The first-order valence-electron chi connectivity index (χ1n) is 13.5. The quantitative estimate of drug-likeness (QED) is 0.321. The minimum absolute atomic E-state index is 0.0675. The largest absolute Gasteiger partial charge is 0.338 e. The monoisotopic (exact) mass is 555 g/mol. The van der Waals surface area contributed by atoms with Crippen LogP contribution in [0, 0.1) is 0 Å². The van der Waals surface area contributed by atoms with Crippen molar-refractivity contribution in [3.05, 3.63) is 114 Å². The van der Waals surface area contributed by atoms with Gasteiger partial charge in [0, 0.05) is 31.9 Å². The summed E-state index contributed by atoms with van der Waals surface area (Å²) in [5.41, 5.74) is 2.26. The molecule has 4 aromatic rings. The molecular formula is C32H33N3O4S. The van der Waals surface area contributed by atoms with Crippen molar-refractivity contribution in [2.45, 2.75) is 25.1 Å². The second-order valence-corrected chi connectivity index (χ2v) is 12.1. The Morgan fingerprint density at radius 2 is 1.32 bits per heavy atom. The van der Waals surface area contributed by atoms with Gasteiger partial charge >= 0.3 is 0 Å². The Hall–Kier alpha value is -4.01. The maximum absolute atomic E-state index is 13.7. The average Bonchev–Trinajstić information content (AvgIpc) is 2.97. The van der Waals surface area contributed by atoms with Crippen LogP contribution >= 0.6 is 0 Å². The second kappa shape index (κ2) is 12.0. The normalized spacial score (nSPS) is 15.1. The van der Waals surface area contributed by atoms with Crippen molar-refractivity contribution in [1.82, 2.24) is 9.21 Å². The molecule has 1 unspecified atom stereocenters. The average molecular weight is 556 g/mol. The Balaban J connectivity index is 1.33. The fourth-order valence-electron chi connectivity index (χ4n) is 5.20. The van der Waals surface area contributed by atoms with Crippen molar-refractivity contribution in [2.75, 3.05) is 31.1 Å². The van der Waals surface area contributed by atoms with Gasteiger partial charge in [-0.1, -0.05) is 91.0 Å². The van der Waals surface area contributed by atoms with Crippen molar-refractivity contribution in [3.8, 4) is 0 Å². The first kappa shape index (κ1) is 27.6. The van der Waals surface area contributed by atoms with Crippen LogP contribution in [0.1, 0.15) is 18.1 Å². The van der Waals surface area contributed by atoms with Crippen LogP contribution in [-0.4, -0.2) is 61.7 Å². The van der Waals surface area contributed by atoms with Gasteiger partial charge in [0.05, 0.1) is 12.2 Å². The second-order valence-electron chi connectivity index (χ2n) is 10.1. The van der Waals surface area contributed by atoms with Gasteiger partial charge in [-0.25, -0.2) is 8.42 Å². The Kier molecular flexibility index (Phi) is 8.28. The number of amides is 2. The van der Waals surface area contributed by atoms with Crippen molar-refractivity contribution in [3.63, 3.8) is 0 Å². The van der Waals surface area contributed by atoms with Gasteiger partial charge in [0.1, 0.15) is 6.04 Å². The minimum atomic E-state index is -3.50. The lowest BCUT2D eigenvalue weighted by Gasteiger charge is -2.38. The molecule has 5 rings (SSSR count). The molecule has 206 valence electrons. The SMILES string of the molecule is CC(C(=O)N1CCN(S(=O)(=O)Cc2ccccc2)CC1)N(C(=O)Cc1ccccc1)c1ccc2ccccc2c1. The highest BCUT2D eigenvalue weighted by Crippen LogP contribution is 2.26. The number of hydrogen-bond acceptors (Lipinski definition) is 4. The fourth-order valence-corrected chi connectivity index (χ4v) is 6.72. The molecule has 0 aliphatic carbocycles. The van der Waals surface area contributed by atoms with Gasteiger partial charge < -0.3 is 4.90 Å². The molecule has 8 heteroatoms. The van der Waals surface area contributed by atoms with Crippen LogP contribution in [0.15, 0.2) is 103 Å². The third-order valence-electron chi connectivity index (χ3n) is 7.36.